The van der Waals surface area contributed by atoms with Crippen LogP contribution in [-0.2, 0) is 6.42 Å². The molecule has 0 radical (unpaired) electrons. The molecule has 1 aromatic heterocycles. The van der Waals surface area contributed by atoms with Gasteiger partial charge in [-0.25, -0.2) is 9.37 Å². The van der Waals surface area contributed by atoms with Crippen LogP contribution in [0.15, 0.2) is 42.6 Å². The van der Waals surface area contributed by atoms with Gasteiger partial charge in [0.15, 0.2) is 0 Å². The molecule has 1 aromatic carbocycles. The SMILES string of the molecule is CCN1CCN(C(=O)c2ccc(NCCc3ccc(F)cc3)nc2)CC1. The van der Waals surface area contributed by atoms with Gasteiger partial charge < -0.3 is 15.1 Å². The Morgan fingerprint density at radius 2 is 1.85 bits per heavy atom. The molecule has 2 aromatic rings. The average molecular weight is 356 g/mol. The molecule has 0 saturated carbocycles. The van der Waals surface area contributed by atoms with Gasteiger partial charge in [-0.1, -0.05) is 19.1 Å². The summed E-state index contributed by atoms with van der Waals surface area (Å²) in [4.78, 5) is 21.1. The Hall–Kier alpha value is -2.47. The highest BCUT2D eigenvalue weighted by Gasteiger charge is 2.21. The van der Waals surface area contributed by atoms with Gasteiger partial charge in [-0.15, -0.1) is 0 Å². The lowest BCUT2D eigenvalue weighted by Crippen LogP contribution is -2.48. The number of hydrogen-bond acceptors (Lipinski definition) is 4. The summed E-state index contributed by atoms with van der Waals surface area (Å²) >= 11 is 0. The van der Waals surface area contributed by atoms with E-state index in [0.717, 1.165) is 50.5 Å². The number of likely N-dealkylation sites (N-methyl/N-ethyl adjacent to an activating group) is 1. The summed E-state index contributed by atoms with van der Waals surface area (Å²) in [5, 5.41) is 3.23. The minimum Gasteiger partial charge on any atom is -0.370 e. The second kappa shape index (κ2) is 8.76. The molecule has 0 spiro atoms. The number of nitrogens with zero attached hydrogens (tertiary/aromatic N) is 3. The van der Waals surface area contributed by atoms with Crippen LogP contribution in [0.3, 0.4) is 0 Å². The molecule has 26 heavy (non-hydrogen) atoms. The molecule has 1 saturated heterocycles. The van der Waals surface area contributed by atoms with E-state index in [1.807, 2.05) is 17.0 Å². The second-order valence-corrected chi connectivity index (χ2v) is 6.46. The lowest BCUT2D eigenvalue weighted by atomic mass is 10.1. The summed E-state index contributed by atoms with van der Waals surface area (Å²) in [5.74, 6) is 0.560. The molecule has 0 unspecified atom stereocenters. The zero-order chi connectivity index (χ0) is 18.4. The Bertz CT molecular complexity index is 710. The van der Waals surface area contributed by atoms with Crippen molar-refractivity contribution in [1.29, 1.82) is 0 Å². The zero-order valence-electron chi connectivity index (χ0n) is 15.1. The summed E-state index contributed by atoms with van der Waals surface area (Å²) in [6.07, 6.45) is 2.42. The van der Waals surface area contributed by atoms with E-state index in [-0.39, 0.29) is 11.7 Å². The van der Waals surface area contributed by atoms with Crippen molar-refractivity contribution in [3.8, 4) is 0 Å². The van der Waals surface area contributed by atoms with Gasteiger partial charge in [0.05, 0.1) is 5.56 Å². The lowest BCUT2D eigenvalue weighted by Gasteiger charge is -2.34. The number of halogens is 1. The standard InChI is InChI=1S/C20H25FN4O/c1-2-24-11-13-25(14-12-24)20(26)17-5-8-19(23-15-17)22-10-9-16-3-6-18(21)7-4-16/h3-8,15H,2,9-14H2,1H3,(H,22,23). The van der Waals surface area contributed by atoms with E-state index >= 15 is 0 Å². The maximum absolute atomic E-state index is 12.9. The fourth-order valence-electron chi connectivity index (χ4n) is 3.06. The van der Waals surface area contributed by atoms with Crippen LogP contribution < -0.4 is 5.32 Å². The molecule has 1 aliphatic rings. The third-order valence-electron chi connectivity index (χ3n) is 4.75. The van der Waals surface area contributed by atoms with Gasteiger partial charge in [0.1, 0.15) is 11.6 Å². The highest BCUT2D eigenvalue weighted by atomic mass is 19.1. The molecule has 6 heteroatoms. The Balaban J connectivity index is 1.48. The number of carbonyl (C=O) groups excluding carboxylic acids is 1. The van der Waals surface area contributed by atoms with Crippen LogP contribution in [0.4, 0.5) is 10.2 Å². The monoisotopic (exact) mass is 356 g/mol. The second-order valence-electron chi connectivity index (χ2n) is 6.46. The van der Waals surface area contributed by atoms with Gasteiger partial charge in [0.25, 0.3) is 5.91 Å². The van der Waals surface area contributed by atoms with Crippen LogP contribution >= 0.6 is 0 Å². The van der Waals surface area contributed by atoms with Crippen LogP contribution in [0.25, 0.3) is 0 Å². The number of rotatable bonds is 6. The third-order valence-corrected chi connectivity index (χ3v) is 4.75. The Kier molecular flexibility index (Phi) is 6.17. The number of benzene rings is 1. The first-order valence-corrected chi connectivity index (χ1v) is 9.11. The first kappa shape index (κ1) is 18.3. The molecular weight excluding hydrogens is 331 g/mol. The first-order chi connectivity index (χ1) is 12.7. The van der Waals surface area contributed by atoms with Gasteiger partial charge in [-0.05, 0) is 42.8 Å². The smallest absolute Gasteiger partial charge is 0.255 e. The molecule has 2 heterocycles. The number of pyridine rings is 1. The Labute approximate surface area is 153 Å². The predicted molar refractivity (Wildman–Crippen MR) is 101 cm³/mol. The van der Waals surface area contributed by atoms with Crippen molar-refractivity contribution >= 4 is 11.7 Å². The van der Waals surface area contributed by atoms with Crippen LogP contribution in [0.1, 0.15) is 22.8 Å². The van der Waals surface area contributed by atoms with Gasteiger partial charge in [0, 0.05) is 38.9 Å². The summed E-state index contributed by atoms with van der Waals surface area (Å²) in [7, 11) is 0. The van der Waals surface area contributed by atoms with Crippen molar-refractivity contribution in [2.75, 3.05) is 44.6 Å². The average Bonchev–Trinajstić information content (AvgIpc) is 2.69. The molecular formula is C20H25FN4O. The number of piperazine rings is 1. The Morgan fingerprint density at radius 3 is 2.46 bits per heavy atom. The van der Waals surface area contributed by atoms with E-state index in [1.165, 1.54) is 12.1 Å². The number of hydrogen-bond donors (Lipinski definition) is 1. The van der Waals surface area contributed by atoms with Crippen LogP contribution in [0.5, 0.6) is 0 Å². The van der Waals surface area contributed by atoms with Crippen molar-refractivity contribution < 1.29 is 9.18 Å². The minimum atomic E-state index is -0.222. The van der Waals surface area contributed by atoms with Crippen LogP contribution in [0, 0.1) is 5.82 Å². The van der Waals surface area contributed by atoms with Gasteiger partial charge >= 0.3 is 0 Å². The third kappa shape index (κ3) is 4.79. The molecule has 3 rings (SSSR count). The zero-order valence-corrected chi connectivity index (χ0v) is 15.1. The highest BCUT2D eigenvalue weighted by molar-refractivity contribution is 5.94. The summed E-state index contributed by atoms with van der Waals surface area (Å²) in [6.45, 7) is 7.27. The normalized spacial score (nSPS) is 15.1. The maximum Gasteiger partial charge on any atom is 0.255 e. The molecule has 138 valence electrons. The molecule has 1 fully saturated rings. The van der Waals surface area contributed by atoms with Gasteiger partial charge in [0.2, 0.25) is 0 Å². The van der Waals surface area contributed by atoms with E-state index in [1.54, 1.807) is 18.3 Å². The van der Waals surface area contributed by atoms with Crippen LogP contribution in [0.2, 0.25) is 0 Å². The van der Waals surface area contributed by atoms with E-state index in [4.69, 9.17) is 0 Å². The summed E-state index contributed by atoms with van der Waals surface area (Å²) in [5.41, 5.74) is 1.69. The van der Waals surface area contributed by atoms with Crippen LogP contribution in [-0.4, -0.2) is 60.0 Å². The number of nitrogens with one attached hydrogen (secondary N) is 1. The maximum atomic E-state index is 12.9. The molecule has 1 aliphatic heterocycles. The largest absolute Gasteiger partial charge is 0.370 e. The van der Waals surface area contributed by atoms with Gasteiger partial charge in [-0.2, -0.15) is 0 Å². The molecule has 1 amide bonds. The van der Waals surface area contributed by atoms with Crippen molar-refractivity contribution in [2.24, 2.45) is 0 Å². The number of aromatic nitrogens is 1. The van der Waals surface area contributed by atoms with E-state index in [9.17, 15) is 9.18 Å². The van der Waals surface area contributed by atoms with Crippen molar-refractivity contribution in [3.63, 3.8) is 0 Å². The van der Waals surface area contributed by atoms with E-state index in [0.29, 0.717) is 12.1 Å². The van der Waals surface area contributed by atoms with Gasteiger partial charge in [-0.3, -0.25) is 4.79 Å². The van der Waals surface area contributed by atoms with E-state index in [2.05, 4.69) is 22.1 Å². The molecule has 0 aliphatic carbocycles. The Morgan fingerprint density at radius 1 is 1.12 bits per heavy atom. The highest BCUT2D eigenvalue weighted by Crippen LogP contribution is 2.11. The minimum absolute atomic E-state index is 0.0473. The molecule has 5 nitrogen and oxygen atoms in total. The fourth-order valence-corrected chi connectivity index (χ4v) is 3.06. The first-order valence-electron chi connectivity index (χ1n) is 9.11. The summed E-state index contributed by atoms with van der Waals surface area (Å²) in [6, 6.07) is 10.2. The number of anilines is 1. The molecule has 1 N–H and O–H groups in total. The molecule has 0 bridgehead atoms. The number of amides is 1. The predicted octanol–water partition coefficient (Wildman–Crippen LogP) is 2.65. The number of carbonyl (C=O) groups is 1. The quantitative estimate of drug-likeness (QED) is 0.864. The fraction of sp³-hybridized carbons (Fsp3) is 0.400. The van der Waals surface area contributed by atoms with Crippen molar-refractivity contribution in [3.05, 3.63) is 59.5 Å². The topological polar surface area (TPSA) is 48.5 Å². The summed E-state index contributed by atoms with van der Waals surface area (Å²) < 4.78 is 12.9. The lowest BCUT2D eigenvalue weighted by molar-refractivity contribution is 0.0643. The molecule has 0 atom stereocenters. The van der Waals surface area contributed by atoms with Crippen molar-refractivity contribution in [1.82, 2.24) is 14.8 Å². The van der Waals surface area contributed by atoms with Crippen molar-refractivity contribution in [2.45, 2.75) is 13.3 Å². The van der Waals surface area contributed by atoms with E-state index < -0.39 is 0 Å².